The van der Waals surface area contributed by atoms with Crippen molar-refractivity contribution in [2.75, 3.05) is 31.2 Å². The summed E-state index contributed by atoms with van der Waals surface area (Å²) in [5.41, 5.74) is 0.534. The minimum atomic E-state index is -3.19. The van der Waals surface area contributed by atoms with Crippen molar-refractivity contribution in [3.8, 4) is 0 Å². The van der Waals surface area contributed by atoms with Crippen LogP contribution in [0.3, 0.4) is 0 Å². The van der Waals surface area contributed by atoms with Crippen LogP contribution in [0.1, 0.15) is 37.8 Å². The molecule has 2 saturated heterocycles. The Labute approximate surface area is 198 Å². The Bertz CT molecular complexity index is 1130. The summed E-state index contributed by atoms with van der Waals surface area (Å²) in [6.45, 7) is 2.96. The van der Waals surface area contributed by atoms with Crippen molar-refractivity contribution in [2.45, 2.75) is 44.7 Å². The number of ether oxygens (including phenoxy) is 1. The zero-order valence-corrected chi connectivity index (χ0v) is 20.1. The fraction of sp³-hybridized carbons (Fsp3) is 0.565. The van der Waals surface area contributed by atoms with E-state index in [2.05, 4.69) is 5.32 Å². The van der Waals surface area contributed by atoms with Crippen LogP contribution in [0.25, 0.3) is 0 Å². The van der Waals surface area contributed by atoms with Crippen molar-refractivity contribution >= 4 is 33.7 Å². The van der Waals surface area contributed by atoms with Crippen molar-refractivity contribution < 1.29 is 32.3 Å². The second-order valence-corrected chi connectivity index (χ2v) is 11.8. The first-order valence-electron chi connectivity index (χ1n) is 11.4. The molecule has 1 N–H and O–H groups in total. The predicted octanol–water partition coefficient (Wildman–Crippen LogP) is 0.595. The highest BCUT2D eigenvalue weighted by molar-refractivity contribution is 7.91. The summed E-state index contributed by atoms with van der Waals surface area (Å²) in [6, 6.07) is 6.24. The van der Waals surface area contributed by atoms with Gasteiger partial charge in [0.1, 0.15) is 12.1 Å². The van der Waals surface area contributed by atoms with Gasteiger partial charge in [-0.1, -0.05) is 38.1 Å². The van der Waals surface area contributed by atoms with E-state index >= 15 is 0 Å². The van der Waals surface area contributed by atoms with E-state index in [9.17, 15) is 27.6 Å². The van der Waals surface area contributed by atoms with E-state index in [-0.39, 0.29) is 17.4 Å². The lowest BCUT2D eigenvalue weighted by Crippen LogP contribution is -2.46. The molecule has 1 spiro atoms. The van der Waals surface area contributed by atoms with Crippen molar-refractivity contribution in [1.29, 1.82) is 0 Å². The lowest BCUT2D eigenvalue weighted by molar-refractivity contribution is -0.154. The lowest BCUT2D eigenvalue weighted by atomic mass is 9.92. The quantitative estimate of drug-likeness (QED) is 0.436. The minimum absolute atomic E-state index is 0.0242. The number of carbonyl (C=O) groups is 4. The molecule has 0 unspecified atom stereocenters. The average Bonchev–Trinajstić information content (AvgIpc) is 3.40. The summed E-state index contributed by atoms with van der Waals surface area (Å²) >= 11 is 0. The molecule has 2 fully saturated rings. The standard InChI is InChI=1S/C23H29N3O7S/c1-15(2)11-25(17-8-10-34(31,32)14-17)19(27)13-33-20(28)12-26-21(29)23(24-22(26)30)9-7-16-5-3-4-6-18(16)23/h3-6,15,17H,7-14H2,1-2H3,(H,24,30)/t17-,23+/m0/s1. The molecule has 34 heavy (non-hydrogen) atoms. The number of hydrogen-bond acceptors (Lipinski definition) is 7. The van der Waals surface area contributed by atoms with Gasteiger partial charge in [-0.25, -0.2) is 13.2 Å². The molecule has 1 aromatic carbocycles. The van der Waals surface area contributed by atoms with Crippen molar-refractivity contribution in [3.05, 3.63) is 35.4 Å². The molecule has 2 atom stereocenters. The van der Waals surface area contributed by atoms with Crippen LogP contribution in [-0.4, -0.2) is 79.3 Å². The Kier molecular flexibility index (Phi) is 6.41. The van der Waals surface area contributed by atoms with Crippen LogP contribution in [0.5, 0.6) is 0 Å². The van der Waals surface area contributed by atoms with E-state index in [0.29, 0.717) is 25.8 Å². The highest BCUT2D eigenvalue weighted by Gasteiger charge is 2.55. The maximum absolute atomic E-state index is 13.1. The maximum Gasteiger partial charge on any atom is 0.326 e. The van der Waals surface area contributed by atoms with Gasteiger partial charge in [0.15, 0.2) is 16.4 Å². The van der Waals surface area contributed by atoms with Crippen molar-refractivity contribution in [1.82, 2.24) is 15.1 Å². The lowest BCUT2D eigenvalue weighted by Gasteiger charge is -2.29. The van der Waals surface area contributed by atoms with Crippen molar-refractivity contribution in [2.24, 2.45) is 5.92 Å². The van der Waals surface area contributed by atoms with E-state index in [1.54, 1.807) is 12.1 Å². The summed E-state index contributed by atoms with van der Waals surface area (Å²) in [5.74, 6) is -1.88. The number of carbonyl (C=O) groups excluding carboxylic acids is 4. The summed E-state index contributed by atoms with van der Waals surface area (Å²) in [5, 5.41) is 2.74. The van der Waals surface area contributed by atoms with Gasteiger partial charge in [-0.3, -0.25) is 19.3 Å². The number of aryl methyl sites for hydroxylation is 1. The van der Waals surface area contributed by atoms with E-state index in [0.717, 1.165) is 16.0 Å². The van der Waals surface area contributed by atoms with E-state index in [1.165, 1.54) is 4.90 Å². The number of rotatable bonds is 7. The molecule has 1 aromatic rings. The van der Waals surface area contributed by atoms with Crippen LogP contribution < -0.4 is 5.32 Å². The molecule has 10 nitrogen and oxygen atoms in total. The number of esters is 1. The van der Waals surface area contributed by atoms with Gasteiger partial charge in [0.05, 0.1) is 11.5 Å². The van der Waals surface area contributed by atoms with E-state index < -0.39 is 58.4 Å². The molecule has 4 amide bonds. The normalized spacial score (nSPS) is 25.0. The average molecular weight is 492 g/mol. The molecule has 0 aromatic heterocycles. The Morgan fingerprint density at radius 3 is 2.68 bits per heavy atom. The molecule has 2 heterocycles. The zero-order valence-electron chi connectivity index (χ0n) is 19.3. The van der Waals surface area contributed by atoms with Gasteiger partial charge in [0.25, 0.3) is 11.8 Å². The van der Waals surface area contributed by atoms with Crippen LogP contribution in [0.15, 0.2) is 24.3 Å². The Hall–Kier alpha value is -2.95. The number of nitrogens with one attached hydrogen (secondary N) is 1. The second kappa shape index (κ2) is 9.01. The Morgan fingerprint density at radius 2 is 2.00 bits per heavy atom. The predicted molar refractivity (Wildman–Crippen MR) is 121 cm³/mol. The van der Waals surface area contributed by atoms with Gasteiger partial charge in [0, 0.05) is 12.6 Å². The first-order chi connectivity index (χ1) is 16.0. The number of hydrogen-bond donors (Lipinski definition) is 1. The van der Waals surface area contributed by atoms with E-state index in [1.807, 2.05) is 26.0 Å². The fourth-order valence-corrected chi connectivity index (χ4v) is 6.73. The molecular formula is C23H29N3O7S. The molecule has 1 aliphatic carbocycles. The zero-order chi connectivity index (χ0) is 24.7. The number of imide groups is 1. The van der Waals surface area contributed by atoms with Gasteiger partial charge in [-0.15, -0.1) is 0 Å². The number of amides is 4. The first kappa shape index (κ1) is 24.2. The third kappa shape index (κ3) is 4.53. The number of nitrogens with zero attached hydrogens (tertiary/aromatic N) is 2. The topological polar surface area (TPSA) is 130 Å². The van der Waals surface area contributed by atoms with Crippen LogP contribution in [0.4, 0.5) is 4.79 Å². The molecular weight excluding hydrogens is 462 g/mol. The van der Waals surface area contributed by atoms with E-state index in [4.69, 9.17) is 4.74 Å². The molecule has 3 aliphatic rings. The van der Waals surface area contributed by atoms with Gasteiger partial charge >= 0.3 is 12.0 Å². The number of fused-ring (bicyclic) bond motifs is 2. The summed E-state index contributed by atoms with van der Waals surface area (Å²) in [7, 11) is -3.19. The monoisotopic (exact) mass is 491 g/mol. The van der Waals surface area contributed by atoms with Crippen LogP contribution >= 0.6 is 0 Å². The highest BCUT2D eigenvalue weighted by Crippen LogP contribution is 2.41. The molecule has 0 saturated carbocycles. The third-order valence-corrected chi connectivity index (χ3v) is 8.35. The molecule has 4 rings (SSSR count). The maximum atomic E-state index is 13.1. The van der Waals surface area contributed by atoms with Crippen LogP contribution in [0.2, 0.25) is 0 Å². The first-order valence-corrected chi connectivity index (χ1v) is 13.2. The minimum Gasteiger partial charge on any atom is -0.454 e. The van der Waals surface area contributed by atoms with Crippen LogP contribution in [-0.2, 0) is 40.9 Å². The molecule has 0 radical (unpaired) electrons. The summed E-state index contributed by atoms with van der Waals surface area (Å²) < 4.78 is 28.8. The van der Waals surface area contributed by atoms with Crippen molar-refractivity contribution in [3.63, 3.8) is 0 Å². The number of benzene rings is 1. The molecule has 2 aliphatic heterocycles. The third-order valence-electron chi connectivity index (χ3n) is 6.60. The van der Waals surface area contributed by atoms with Gasteiger partial charge in [-0.2, -0.15) is 0 Å². The Morgan fingerprint density at radius 1 is 1.26 bits per heavy atom. The number of sulfone groups is 1. The second-order valence-electron chi connectivity index (χ2n) is 9.54. The summed E-state index contributed by atoms with van der Waals surface area (Å²) in [4.78, 5) is 53.2. The molecule has 184 valence electrons. The SMILES string of the molecule is CC(C)CN(C(=O)COC(=O)CN1C(=O)N[C@@]2(CCc3ccccc32)C1=O)[C@H]1CCS(=O)(=O)C1. The summed E-state index contributed by atoms with van der Waals surface area (Å²) in [6.07, 6.45) is 1.40. The molecule has 0 bridgehead atoms. The largest absolute Gasteiger partial charge is 0.454 e. The van der Waals surface area contributed by atoms with Gasteiger partial charge in [0.2, 0.25) is 0 Å². The highest BCUT2D eigenvalue weighted by atomic mass is 32.2. The van der Waals surface area contributed by atoms with Gasteiger partial charge in [-0.05, 0) is 36.3 Å². The molecule has 11 heteroatoms. The smallest absolute Gasteiger partial charge is 0.326 e. The van der Waals surface area contributed by atoms with Crippen LogP contribution in [0, 0.1) is 5.92 Å². The fourth-order valence-electron chi connectivity index (χ4n) is 5.00. The Balaban J connectivity index is 1.37. The van der Waals surface area contributed by atoms with Gasteiger partial charge < -0.3 is 15.0 Å². The number of urea groups is 1.